The summed E-state index contributed by atoms with van der Waals surface area (Å²) in [5.41, 5.74) is 2.01. The Morgan fingerprint density at radius 3 is 2.69 bits per heavy atom. The van der Waals surface area contributed by atoms with Crippen LogP contribution in [0.25, 0.3) is 22.5 Å². The monoisotopic (exact) mass is 408 g/mol. The summed E-state index contributed by atoms with van der Waals surface area (Å²) in [5, 5.41) is 6.94. The number of carbonyl (C=O) groups is 1. The third-order valence-electron chi connectivity index (χ3n) is 4.18. The van der Waals surface area contributed by atoms with Crippen molar-refractivity contribution in [1.82, 2.24) is 15.1 Å². The second kappa shape index (κ2) is 8.20. The van der Waals surface area contributed by atoms with E-state index in [-0.39, 0.29) is 34.5 Å². The van der Waals surface area contributed by atoms with Gasteiger partial charge in [0.1, 0.15) is 17.8 Å². The van der Waals surface area contributed by atoms with Crippen LogP contribution in [0.4, 0.5) is 10.3 Å². The number of benzene rings is 2. The lowest BCUT2D eigenvalue weighted by Crippen LogP contribution is -2.14. The number of nitrogens with one attached hydrogen (secondary N) is 1. The molecule has 0 bridgehead atoms. The van der Waals surface area contributed by atoms with E-state index in [0.717, 1.165) is 5.56 Å². The standard InChI is InChI=1S/C21H14ClFN4O2/c22-14-6-7-15(16(23)11-14)20-19(17-8-9-24-12-25-17)21(29-27-20)26-18(28)10-13-4-2-1-3-5-13/h1-9,11-12H,10H2,(H,26,28). The summed E-state index contributed by atoms with van der Waals surface area (Å²) in [4.78, 5) is 20.6. The smallest absolute Gasteiger partial charge is 0.241 e. The van der Waals surface area contributed by atoms with Crippen LogP contribution in [0, 0.1) is 5.82 Å². The van der Waals surface area contributed by atoms with Crippen molar-refractivity contribution in [2.24, 2.45) is 0 Å². The van der Waals surface area contributed by atoms with Crippen LogP contribution in [0.15, 0.2) is 71.6 Å². The van der Waals surface area contributed by atoms with Crippen molar-refractivity contribution in [3.8, 4) is 22.5 Å². The van der Waals surface area contributed by atoms with Crippen molar-refractivity contribution < 1.29 is 13.7 Å². The number of aromatic nitrogens is 3. The van der Waals surface area contributed by atoms with Gasteiger partial charge in [-0.05, 0) is 29.8 Å². The molecule has 2 heterocycles. The summed E-state index contributed by atoms with van der Waals surface area (Å²) in [6.07, 6.45) is 3.03. The number of rotatable bonds is 5. The van der Waals surface area contributed by atoms with E-state index in [1.54, 1.807) is 12.1 Å². The van der Waals surface area contributed by atoms with E-state index in [0.29, 0.717) is 11.3 Å². The van der Waals surface area contributed by atoms with Gasteiger partial charge in [-0.3, -0.25) is 10.1 Å². The van der Waals surface area contributed by atoms with Gasteiger partial charge in [0, 0.05) is 16.8 Å². The maximum atomic E-state index is 14.5. The van der Waals surface area contributed by atoms with Crippen molar-refractivity contribution in [3.05, 3.63) is 83.5 Å². The third kappa shape index (κ3) is 4.14. The Balaban J connectivity index is 1.73. The van der Waals surface area contributed by atoms with E-state index in [9.17, 15) is 9.18 Å². The first kappa shape index (κ1) is 18.8. The van der Waals surface area contributed by atoms with Crippen LogP contribution in [0.3, 0.4) is 0 Å². The van der Waals surface area contributed by atoms with Gasteiger partial charge in [-0.15, -0.1) is 0 Å². The molecule has 0 fully saturated rings. The van der Waals surface area contributed by atoms with Crippen molar-refractivity contribution in [3.63, 3.8) is 0 Å². The van der Waals surface area contributed by atoms with E-state index in [1.807, 2.05) is 30.3 Å². The van der Waals surface area contributed by atoms with Crippen LogP contribution in [0.1, 0.15) is 5.56 Å². The van der Waals surface area contributed by atoms with Crippen LogP contribution >= 0.6 is 11.6 Å². The van der Waals surface area contributed by atoms with Gasteiger partial charge in [0.15, 0.2) is 0 Å². The minimum Gasteiger partial charge on any atom is -0.337 e. The second-order valence-corrected chi connectivity index (χ2v) is 6.60. The van der Waals surface area contributed by atoms with Crippen molar-refractivity contribution in [2.75, 3.05) is 5.32 Å². The molecule has 0 atom stereocenters. The molecular formula is C21H14ClFN4O2. The fourth-order valence-corrected chi connectivity index (χ4v) is 3.03. The first-order chi connectivity index (χ1) is 14.1. The summed E-state index contributed by atoms with van der Waals surface area (Å²) < 4.78 is 19.9. The molecule has 0 aliphatic rings. The van der Waals surface area contributed by atoms with Gasteiger partial charge in [0.05, 0.1) is 17.7 Å². The summed E-state index contributed by atoms with van der Waals surface area (Å²) in [6, 6.07) is 15.1. The molecule has 29 heavy (non-hydrogen) atoms. The molecular weight excluding hydrogens is 395 g/mol. The normalized spacial score (nSPS) is 10.7. The van der Waals surface area contributed by atoms with Crippen LogP contribution in [-0.2, 0) is 11.2 Å². The highest BCUT2D eigenvalue weighted by atomic mass is 35.5. The molecule has 0 unspecified atom stereocenters. The summed E-state index contributed by atoms with van der Waals surface area (Å²) in [7, 11) is 0. The fourth-order valence-electron chi connectivity index (χ4n) is 2.87. The maximum absolute atomic E-state index is 14.5. The number of anilines is 1. The minimum atomic E-state index is -0.566. The van der Waals surface area contributed by atoms with Crippen LogP contribution in [0.2, 0.25) is 5.02 Å². The number of hydrogen-bond donors (Lipinski definition) is 1. The van der Waals surface area contributed by atoms with E-state index in [1.165, 1.54) is 24.7 Å². The van der Waals surface area contributed by atoms with Crippen LogP contribution < -0.4 is 5.32 Å². The third-order valence-corrected chi connectivity index (χ3v) is 4.41. The Kier molecular flexibility index (Phi) is 5.31. The number of amides is 1. The number of hydrogen-bond acceptors (Lipinski definition) is 5. The van der Waals surface area contributed by atoms with Gasteiger partial charge in [0.25, 0.3) is 0 Å². The van der Waals surface area contributed by atoms with E-state index >= 15 is 0 Å². The molecule has 1 amide bonds. The lowest BCUT2D eigenvalue weighted by atomic mass is 10.0. The molecule has 0 aliphatic carbocycles. The van der Waals surface area contributed by atoms with E-state index in [4.69, 9.17) is 16.1 Å². The van der Waals surface area contributed by atoms with E-state index < -0.39 is 5.82 Å². The lowest BCUT2D eigenvalue weighted by Gasteiger charge is -2.06. The SMILES string of the molecule is O=C(Cc1ccccc1)Nc1onc(-c2ccc(Cl)cc2F)c1-c1ccncn1. The van der Waals surface area contributed by atoms with E-state index in [2.05, 4.69) is 20.4 Å². The highest BCUT2D eigenvalue weighted by Crippen LogP contribution is 2.38. The highest BCUT2D eigenvalue weighted by Gasteiger charge is 2.24. The summed E-state index contributed by atoms with van der Waals surface area (Å²) >= 11 is 5.85. The van der Waals surface area contributed by atoms with Crippen molar-refractivity contribution in [1.29, 1.82) is 0 Å². The predicted molar refractivity (Wildman–Crippen MR) is 107 cm³/mol. The molecule has 0 radical (unpaired) electrons. The van der Waals surface area contributed by atoms with Crippen molar-refractivity contribution in [2.45, 2.75) is 6.42 Å². The number of halogens is 2. The van der Waals surface area contributed by atoms with Gasteiger partial charge < -0.3 is 4.52 Å². The average molecular weight is 409 g/mol. The Labute approximate surface area is 170 Å². The van der Waals surface area contributed by atoms with Gasteiger partial charge in [-0.25, -0.2) is 14.4 Å². The van der Waals surface area contributed by atoms with Crippen LogP contribution in [-0.4, -0.2) is 21.0 Å². The molecule has 2 aromatic carbocycles. The Morgan fingerprint density at radius 1 is 1.14 bits per heavy atom. The summed E-state index contributed by atoms with van der Waals surface area (Å²) in [6.45, 7) is 0. The molecule has 0 spiro atoms. The molecule has 8 heteroatoms. The Hall–Kier alpha value is -3.58. The van der Waals surface area contributed by atoms with Crippen LogP contribution in [0.5, 0.6) is 0 Å². The van der Waals surface area contributed by atoms with Gasteiger partial charge in [0.2, 0.25) is 11.8 Å². The summed E-state index contributed by atoms with van der Waals surface area (Å²) in [5.74, 6) is -0.789. The second-order valence-electron chi connectivity index (χ2n) is 6.16. The van der Waals surface area contributed by atoms with Crippen molar-refractivity contribution >= 4 is 23.4 Å². The molecule has 0 aliphatic heterocycles. The molecule has 0 saturated heterocycles. The minimum absolute atomic E-state index is 0.0778. The largest absolute Gasteiger partial charge is 0.337 e. The first-order valence-corrected chi connectivity index (χ1v) is 9.05. The average Bonchev–Trinajstić information content (AvgIpc) is 3.12. The highest BCUT2D eigenvalue weighted by molar-refractivity contribution is 6.30. The maximum Gasteiger partial charge on any atom is 0.241 e. The Bertz CT molecular complexity index is 1150. The zero-order chi connectivity index (χ0) is 20.2. The number of carbonyl (C=O) groups excluding carboxylic acids is 1. The molecule has 6 nitrogen and oxygen atoms in total. The molecule has 144 valence electrons. The molecule has 4 rings (SSSR count). The zero-order valence-electron chi connectivity index (χ0n) is 15.0. The molecule has 4 aromatic rings. The van der Waals surface area contributed by atoms with Gasteiger partial charge >= 0.3 is 0 Å². The first-order valence-electron chi connectivity index (χ1n) is 8.67. The Morgan fingerprint density at radius 2 is 1.97 bits per heavy atom. The number of nitrogens with zero attached hydrogens (tertiary/aromatic N) is 3. The zero-order valence-corrected chi connectivity index (χ0v) is 15.7. The lowest BCUT2D eigenvalue weighted by molar-refractivity contribution is -0.115. The van der Waals surface area contributed by atoms with Gasteiger partial charge in [-0.1, -0.05) is 47.1 Å². The molecule has 1 N–H and O–H groups in total. The topological polar surface area (TPSA) is 80.9 Å². The predicted octanol–water partition coefficient (Wildman–Crippen LogP) is 4.77. The fraction of sp³-hybridized carbons (Fsp3) is 0.0476. The van der Waals surface area contributed by atoms with Gasteiger partial charge in [-0.2, -0.15) is 0 Å². The quantitative estimate of drug-likeness (QED) is 0.514. The molecule has 0 saturated carbocycles. The molecule has 2 aromatic heterocycles.